The summed E-state index contributed by atoms with van der Waals surface area (Å²) in [5, 5.41) is 19.1. The molecule has 1 aliphatic rings. The molecule has 4 rings (SSSR count). The maximum Gasteiger partial charge on any atom is 0.248 e. The number of rotatable bonds is 5. The number of thiophene rings is 1. The number of hydrogen-bond acceptors (Lipinski definition) is 6. The number of anilines is 2. The van der Waals surface area contributed by atoms with Crippen molar-refractivity contribution in [1.29, 1.82) is 0 Å². The Morgan fingerprint density at radius 3 is 2.84 bits per heavy atom. The van der Waals surface area contributed by atoms with Crippen molar-refractivity contribution in [2.75, 3.05) is 23.3 Å². The highest BCUT2D eigenvalue weighted by molar-refractivity contribution is 7.08. The molecule has 0 spiro atoms. The highest BCUT2D eigenvalue weighted by Gasteiger charge is 2.17. The SMILES string of the molecule is O=C(Cn1nnc(-c2ccsc2)n1)Nc1ccccc1N1CCCC1. The summed E-state index contributed by atoms with van der Waals surface area (Å²) in [7, 11) is 0. The van der Waals surface area contributed by atoms with Crippen LogP contribution < -0.4 is 10.2 Å². The molecule has 1 saturated heterocycles. The third-order valence-electron chi connectivity index (χ3n) is 4.14. The van der Waals surface area contributed by atoms with Crippen LogP contribution in [0, 0.1) is 0 Å². The zero-order valence-electron chi connectivity index (χ0n) is 13.6. The molecule has 0 bridgehead atoms. The van der Waals surface area contributed by atoms with Crippen molar-refractivity contribution in [3.05, 3.63) is 41.1 Å². The van der Waals surface area contributed by atoms with Crippen molar-refractivity contribution >= 4 is 28.6 Å². The molecular formula is C17H18N6OS. The minimum absolute atomic E-state index is 0.0332. The van der Waals surface area contributed by atoms with Crippen molar-refractivity contribution in [3.8, 4) is 11.4 Å². The van der Waals surface area contributed by atoms with E-state index in [1.807, 2.05) is 41.1 Å². The molecule has 1 aromatic carbocycles. The Balaban J connectivity index is 1.44. The second kappa shape index (κ2) is 7.02. The highest BCUT2D eigenvalue weighted by Crippen LogP contribution is 2.28. The maximum absolute atomic E-state index is 12.4. The zero-order chi connectivity index (χ0) is 17.1. The van der Waals surface area contributed by atoms with Crippen LogP contribution in [0.3, 0.4) is 0 Å². The number of amides is 1. The van der Waals surface area contributed by atoms with E-state index in [-0.39, 0.29) is 12.5 Å². The van der Waals surface area contributed by atoms with Gasteiger partial charge in [-0.2, -0.15) is 16.1 Å². The van der Waals surface area contributed by atoms with Gasteiger partial charge in [-0.05, 0) is 41.6 Å². The summed E-state index contributed by atoms with van der Waals surface area (Å²) in [6.07, 6.45) is 2.38. The van der Waals surface area contributed by atoms with Gasteiger partial charge >= 0.3 is 0 Å². The second-order valence-corrected chi connectivity index (χ2v) is 6.69. The Morgan fingerprint density at radius 1 is 1.20 bits per heavy atom. The first-order valence-electron chi connectivity index (χ1n) is 8.24. The quantitative estimate of drug-likeness (QED) is 0.762. The molecule has 8 heteroatoms. The van der Waals surface area contributed by atoms with Crippen LogP contribution in [-0.4, -0.2) is 39.2 Å². The Kier molecular flexibility index (Phi) is 4.43. The molecular weight excluding hydrogens is 336 g/mol. The summed E-state index contributed by atoms with van der Waals surface area (Å²) in [5.41, 5.74) is 2.81. The van der Waals surface area contributed by atoms with Gasteiger partial charge in [-0.25, -0.2) is 0 Å². The molecule has 0 aliphatic carbocycles. The Labute approximate surface area is 149 Å². The van der Waals surface area contributed by atoms with Gasteiger partial charge in [-0.15, -0.1) is 10.2 Å². The average Bonchev–Trinajstić information content (AvgIpc) is 3.37. The highest BCUT2D eigenvalue weighted by atomic mass is 32.1. The number of para-hydroxylation sites is 2. The number of carbonyl (C=O) groups excluding carboxylic acids is 1. The van der Waals surface area contributed by atoms with Gasteiger partial charge in [-0.3, -0.25) is 4.79 Å². The van der Waals surface area contributed by atoms with E-state index in [4.69, 9.17) is 0 Å². The molecule has 25 heavy (non-hydrogen) atoms. The molecule has 1 N–H and O–H groups in total. The van der Waals surface area contributed by atoms with E-state index >= 15 is 0 Å². The summed E-state index contributed by atoms with van der Waals surface area (Å²) in [6.45, 7) is 2.09. The number of carbonyl (C=O) groups is 1. The fourth-order valence-electron chi connectivity index (χ4n) is 2.95. The van der Waals surface area contributed by atoms with E-state index in [0.717, 1.165) is 30.0 Å². The van der Waals surface area contributed by atoms with Crippen LogP contribution in [0.15, 0.2) is 41.1 Å². The number of hydrogen-bond donors (Lipinski definition) is 1. The first-order valence-corrected chi connectivity index (χ1v) is 9.18. The minimum atomic E-state index is -0.166. The molecule has 0 radical (unpaired) electrons. The number of benzene rings is 1. The Morgan fingerprint density at radius 2 is 2.04 bits per heavy atom. The van der Waals surface area contributed by atoms with Crippen molar-refractivity contribution in [2.45, 2.75) is 19.4 Å². The van der Waals surface area contributed by atoms with Gasteiger partial charge in [0, 0.05) is 24.0 Å². The topological polar surface area (TPSA) is 75.9 Å². The molecule has 1 aliphatic heterocycles. The third-order valence-corrected chi connectivity index (χ3v) is 4.83. The monoisotopic (exact) mass is 354 g/mol. The molecule has 0 saturated carbocycles. The smallest absolute Gasteiger partial charge is 0.248 e. The largest absolute Gasteiger partial charge is 0.370 e. The van der Waals surface area contributed by atoms with Crippen LogP contribution in [0.4, 0.5) is 11.4 Å². The van der Waals surface area contributed by atoms with Gasteiger partial charge in [0.1, 0.15) is 6.54 Å². The van der Waals surface area contributed by atoms with Crippen LogP contribution in [0.25, 0.3) is 11.4 Å². The first kappa shape index (κ1) is 15.8. The number of nitrogens with one attached hydrogen (secondary N) is 1. The van der Waals surface area contributed by atoms with Crippen LogP contribution >= 0.6 is 11.3 Å². The zero-order valence-corrected chi connectivity index (χ0v) is 14.4. The lowest BCUT2D eigenvalue weighted by Gasteiger charge is -2.21. The lowest BCUT2D eigenvalue weighted by Crippen LogP contribution is -2.24. The van der Waals surface area contributed by atoms with Crippen LogP contribution in [0.5, 0.6) is 0 Å². The molecule has 3 aromatic rings. The van der Waals surface area contributed by atoms with Gasteiger partial charge in [0.15, 0.2) is 0 Å². The predicted octanol–water partition coefficient (Wildman–Crippen LogP) is 2.64. The number of aromatic nitrogens is 4. The van der Waals surface area contributed by atoms with Crippen molar-refractivity contribution < 1.29 is 4.79 Å². The van der Waals surface area contributed by atoms with Crippen molar-refractivity contribution in [2.24, 2.45) is 0 Å². The Bertz CT molecular complexity index is 854. The summed E-state index contributed by atoms with van der Waals surface area (Å²) in [6, 6.07) is 9.83. The van der Waals surface area contributed by atoms with E-state index in [0.29, 0.717) is 5.82 Å². The van der Waals surface area contributed by atoms with Crippen molar-refractivity contribution in [3.63, 3.8) is 0 Å². The third kappa shape index (κ3) is 3.53. The van der Waals surface area contributed by atoms with Gasteiger partial charge in [0.05, 0.1) is 11.4 Å². The molecule has 1 amide bonds. The van der Waals surface area contributed by atoms with Gasteiger partial charge in [0.2, 0.25) is 11.7 Å². The maximum atomic E-state index is 12.4. The van der Waals surface area contributed by atoms with Gasteiger partial charge < -0.3 is 10.2 Å². The van der Waals surface area contributed by atoms with E-state index in [2.05, 4.69) is 25.6 Å². The first-order chi connectivity index (χ1) is 12.3. The predicted molar refractivity (Wildman–Crippen MR) is 97.6 cm³/mol. The van der Waals surface area contributed by atoms with Crippen molar-refractivity contribution in [1.82, 2.24) is 20.2 Å². The molecule has 2 aromatic heterocycles. The average molecular weight is 354 g/mol. The van der Waals surface area contributed by atoms with E-state index < -0.39 is 0 Å². The molecule has 0 atom stereocenters. The summed E-state index contributed by atoms with van der Waals surface area (Å²) in [4.78, 5) is 16.0. The van der Waals surface area contributed by atoms with Crippen LogP contribution in [0.2, 0.25) is 0 Å². The molecule has 128 valence electrons. The summed E-state index contributed by atoms with van der Waals surface area (Å²) < 4.78 is 0. The van der Waals surface area contributed by atoms with E-state index in [1.54, 1.807) is 11.3 Å². The molecule has 1 fully saturated rings. The fourth-order valence-corrected chi connectivity index (χ4v) is 3.58. The fraction of sp³-hybridized carbons (Fsp3) is 0.294. The molecule has 0 unspecified atom stereocenters. The Hall–Kier alpha value is -2.74. The van der Waals surface area contributed by atoms with E-state index in [1.165, 1.54) is 17.6 Å². The van der Waals surface area contributed by atoms with Gasteiger partial charge in [-0.1, -0.05) is 12.1 Å². The number of nitrogens with zero attached hydrogens (tertiary/aromatic N) is 5. The van der Waals surface area contributed by atoms with Crippen LogP contribution in [0.1, 0.15) is 12.8 Å². The van der Waals surface area contributed by atoms with Gasteiger partial charge in [0.25, 0.3) is 0 Å². The summed E-state index contributed by atoms with van der Waals surface area (Å²) >= 11 is 1.57. The van der Waals surface area contributed by atoms with Crippen LogP contribution in [-0.2, 0) is 11.3 Å². The molecule has 3 heterocycles. The standard InChI is InChI=1S/C17H18N6OS/c24-16(11-23-20-17(19-21-23)13-7-10-25-12-13)18-14-5-1-2-6-15(14)22-8-3-4-9-22/h1-2,5-7,10,12H,3-4,8-9,11H2,(H,18,24). The second-order valence-electron chi connectivity index (χ2n) is 5.91. The normalized spacial score (nSPS) is 14.0. The lowest BCUT2D eigenvalue weighted by atomic mass is 10.2. The summed E-state index contributed by atoms with van der Waals surface area (Å²) in [5.74, 6) is 0.368. The number of tetrazole rings is 1. The molecule has 7 nitrogen and oxygen atoms in total. The minimum Gasteiger partial charge on any atom is -0.370 e. The van der Waals surface area contributed by atoms with E-state index in [9.17, 15) is 4.79 Å². The lowest BCUT2D eigenvalue weighted by molar-refractivity contribution is -0.117.